The van der Waals surface area contributed by atoms with Crippen LogP contribution < -0.4 is 10.6 Å². The van der Waals surface area contributed by atoms with Crippen LogP contribution in [0.3, 0.4) is 0 Å². The molecule has 1 aliphatic heterocycles. The zero-order valence-electron chi connectivity index (χ0n) is 18.4. The van der Waals surface area contributed by atoms with E-state index >= 15 is 0 Å². The van der Waals surface area contributed by atoms with Crippen LogP contribution >= 0.6 is 23.2 Å². The fourth-order valence-electron chi connectivity index (χ4n) is 4.64. The molecule has 1 saturated carbocycles. The van der Waals surface area contributed by atoms with Gasteiger partial charge in [0.1, 0.15) is 6.04 Å². The van der Waals surface area contributed by atoms with E-state index in [1.54, 1.807) is 12.1 Å². The van der Waals surface area contributed by atoms with Crippen molar-refractivity contribution in [2.75, 3.05) is 32.8 Å². The van der Waals surface area contributed by atoms with Crippen LogP contribution in [0.15, 0.2) is 18.2 Å². The van der Waals surface area contributed by atoms with Gasteiger partial charge in [0, 0.05) is 30.2 Å². The number of halogens is 2. The van der Waals surface area contributed by atoms with Crippen molar-refractivity contribution in [3.05, 3.63) is 33.8 Å². The van der Waals surface area contributed by atoms with Crippen molar-refractivity contribution in [1.82, 2.24) is 15.5 Å². The van der Waals surface area contributed by atoms with Gasteiger partial charge in [-0.25, -0.2) is 0 Å². The summed E-state index contributed by atoms with van der Waals surface area (Å²) in [7, 11) is 0. The Bertz CT molecular complexity index is 775. The van der Waals surface area contributed by atoms with E-state index in [1.807, 2.05) is 13.8 Å². The normalized spacial score (nSPS) is 20.3. The van der Waals surface area contributed by atoms with E-state index in [1.165, 1.54) is 25.3 Å². The van der Waals surface area contributed by atoms with Gasteiger partial charge in [-0.1, -0.05) is 56.3 Å². The minimum absolute atomic E-state index is 0.0251. The van der Waals surface area contributed by atoms with Crippen LogP contribution in [0.25, 0.3) is 0 Å². The molecule has 0 spiro atoms. The maximum atomic E-state index is 13.1. The third-order valence-corrected chi connectivity index (χ3v) is 7.02. The molecule has 0 bridgehead atoms. The number of ether oxygens (including phenoxy) is 1. The maximum absolute atomic E-state index is 13.1. The summed E-state index contributed by atoms with van der Waals surface area (Å²) in [4.78, 5) is 28.4. The Morgan fingerprint density at radius 3 is 2.42 bits per heavy atom. The second-order valence-corrected chi connectivity index (χ2v) is 9.77. The van der Waals surface area contributed by atoms with Crippen molar-refractivity contribution in [3.8, 4) is 0 Å². The van der Waals surface area contributed by atoms with E-state index in [4.69, 9.17) is 27.9 Å². The molecule has 2 amide bonds. The minimum Gasteiger partial charge on any atom is -0.379 e. The lowest BCUT2D eigenvalue weighted by atomic mass is 9.79. The van der Waals surface area contributed by atoms with Gasteiger partial charge in [0.05, 0.1) is 23.8 Å². The average molecular weight is 470 g/mol. The van der Waals surface area contributed by atoms with Gasteiger partial charge < -0.3 is 15.4 Å². The van der Waals surface area contributed by atoms with Crippen LogP contribution in [0.4, 0.5) is 0 Å². The van der Waals surface area contributed by atoms with E-state index < -0.39 is 6.04 Å². The lowest BCUT2D eigenvalue weighted by molar-refractivity contribution is -0.125. The van der Waals surface area contributed by atoms with Gasteiger partial charge in [-0.15, -0.1) is 0 Å². The van der Waals surface area contributed by atoms with Crippen molar-refractivity contribution in [3.63, 3.8) is 0 Å². The van der Waals surface area contributed by atoms with Crippen molar-refractivity contribution in [1.29, 1.82) is 0 Å². The maximum Gasteiger partial charge on any atom is 0.253 e. The number of carbonyl (C=O) groups excluding carboxylic acids is 2. The van der Waals surface area contributed by atoms with E-state index in [9.17, 15) is 9.59 Å². The first-order chi connectivity index (χ1) is 14.8. The summed E-state index contributed by atoms with van der Waals surface area (Å²) in [5.74, 6) is -0.608. The largest absolute Gasteiger partial charge is 0.379 e. The first-order valence-electron chi connectivity index (χ1n) is 11.2. The monoisotopic (exact) mass is 469 g/mol. The SMILES string of the molecule is CC(C)C(NC(=O)c1ccc(Cl)cc1Cl)C(=O)NCC1(N2CCOCC2)CCCCC1. The van der Waals surface area contributed by atoms with Gasteiger partial charge in [-0.3, -0.25) is 14.5 Å². The molecule has 1 aromatic rings. The fraction of sp³-hybridized carbons (Fsp3) is 0.652. The highest BCUT2D eigenvalue weighted by molar-refractivity contribution is 6.36. The second-order valence-electron chi connectivity index (χ2n) is 8.92. The zero-order valence-corrected chi connectivity index (χ0v) is 19.9. The van der Waals surface area contributed by atoms with Gasteiger partial charge in [0.15, 0.2) is 0 Å². The Labute approximate surface area is 195 Å². The van der Waals surface area contributed by atoms with Gasteiger partial charge >= 0.3 is 0 Å². The number of rotatable bonds is 7. The molecule has 1 heterocycles. The fourth-order valence-corrected chi connectivity index (χ4v) is 5.14. The average Bonchev–Trinajstić information content (AvgIpc) is 2.76. The summed E-state index contributed by atoms with van der Waals surface area (Å²) in [5, 5.41) is 6.75. The zero-order chi connectivity index (χ0) is 22.4. The van der Waals surface area contributed by atoms with E-state index in [2.05, 4.69) is 15.5 Å². The molecule has 172 valence electrons. The lowest BCUT2D eigenvalue weighted by Crippen LogP contribution is -2.61. The summed E-state index contributed by atoms with van der Waals surface area (Å²) in [6.07, 6.45) is 5.74. The smallest absolute Gasteiger partial charge is 0.253 e. The number of carbonyl (C=O) groups is 2. The van der Waals surface area contributed by atoms with Gasteiger partial charge in [0.25, 0.3) is 5.91 Å². The van der Waals surface area contributed by atoms with Crippen molar-refractivity contribution >= 4 is 35.0 Å². The highest BCUT2D eigenvalue weighted by Gasteiger charge is 2.39. The molecule has 0 aromatic heterocycles. The first kappa shape index (κ1) is 24.3. The van der Waals surface area contributed by atoms with Crippen LogP contribution in [-0.2, 0) is 9.53 Å². The third-order valence-electron chi connectivity index (χ3n) is 6.47. The van der Waals surface area contributed by atoms with Gasteiger partial charge in [-0.2, -0.15) is 0 Å². The summed E-state index contributed by atoms with van der Waals surface area (Å²) in [5.41, 5.74) is 0.282. The van der Waals surface area contributed by atoms with Crippen LogP contribution in [0.1, 0.15) is 56.3 Å². The summed E-state index contributed by atoms with van der Waals surface area (Å²) < 4.78 is 5.54. The number of nitrogens with zero attached hydrogens (tertiary/aromatic N) is 1. The standard InChI is InChI=1S/C23H33Cl2N3O3/c1-16(2)20(27-21(29)18-7-6-17(24)14-19(18)25)22(30)26-15-23(8-4-3-5-9-23)28-10-12-31-13-11-28/h6-7,14,16,20H,3-5,8-13,15H2,1-2H3,(H,26,30)(H,27,29). The number of benzene rings is 1. The van der Waals surface area contributed by atoms with Gasteiger partial charge in [-0.05, 0) is 37.0 Å². The molecule has 1 aromatic carbocycles. The number of morpholine rings is 1. The Balaban J connectivity index is 1.67. The van der Waals surface area contributed by atoms with E-state index in [0.717, 1.165) is 39.1 Å². The second kappa shape index (κ2) is 11.0. The molecular weight excluding hydrogens is 437 g/mol. The van der Waals surface area contributed by atoms with Crippen LogP contribution in [-0.4, -0.2) is 61.1 Å². The number of nitrogens with one attached hydrogen (secondary N) is 2. The molecule has 31 heavy (non-hydrogen) atoms. The molecule has 1 atom stereocenters. The molecule has 6 nitrogen and oxygen atoms in total. The predicted octanol–water partition coefficient (Wildman–Crippen LogP) is 3.90. The highest BCUT2D eigenvalue weighted by atomic mass is 35.5. The summed E-state index contributed by atoms with van der Waals surface area (Å²) in [6.45, 7) is 7.71. The molecular formula is C23H33Cl2N3O3. The topological polar surface area (TPSA) is 70.7 Å². The molecule has 0 radical (unpaired) electrons. The molecule has 1 saturated heterocycles. The lowest BCUT2D eigenvalue weighted by Gasteiger charge is -2.48. The molecule has 1 unspecified atom stereocenters. The molecule has 3 rings (SSSR count). The van der Waals surface area contributed by atoms with E-state index in [0.29, 0.717) is 17.1 Å². The molecule has 2 aliphatic rings. The number of hydrogen-bond donors (Lipinski definition) is 2. The van der Waals surface area contributed by atoms with Crippen molar-refractivity contribution in [2.45, 2.75) is 57.5 Å². The Morgan fingerprint density at radius 2 is 1.81 bits per heavy atom. The highest BCUT2D eigenvalue weighted by Crippen LogP contribution is 2.34. The van der Waals surface area contributed by atoms with Crippen molar-refractivity contribution < 1.29 is 14.3 Å². The number of amides is 2. The third kappa shape index (κ3) is 6.13. The molecule has 8 heteroatoms. The predicted molar refractivity (Wildman–Crippen MR) is 124 cm³/mol. The first-order valence-corrected chi connectivity index (χ1v) is 11.9. The van der Waals surface area contributed by atoms with E-state index in [-0.39, 0.29) is 28.3 Å². The molecule has 2 fully saturated rings. The minimum atomic E-state index is -0.649. The summed E-state index contributed by atoms with van der Waals surface area (Å²) >= 11 is 12.1. The van der Waals surface area contributed by atoms with Crippen LogP contribution in [0.2, 0.25) is 10.0 Å². The molecule has 1 aliphatic carbocycles. The molecule has 2 N–H and O–H groups in total. The summed E-state index contributed by atoms with van der Waals surface area (Å²) in [6, 6.07) is 4.06. The quantitative estimate of drug-likeness (QED) is 0.634. The Kier molecular flexibility index (Phi) is 8.62. The Morgan fingerprint density at radius 1 is 1.13 bits per heavy atom. The number of hydrogen-bond acceptors (Lipinski definition) is 4. The van der Waals surface area contributed by atoms with Gasteiger partial charge in [0.2, 0.25) is 5.91 Å². The van der Waals surface area contributed by atoms with Crippen LogP contribution in [0, 0.1) is 5.92 Å². The van der Waals surface area contributed by atoms with Crippen molar-refractivity contribution in [2.24, 2.45) is 5.92 Å². The Hall–Kier alpha value is -1.34. The van der Waals surface area contributed by atoms with Crippen LogP contribution in [0.5, 0.6) is 0 Å².